The third-order valence-corrected chi connectivity index (χ3v) is 5.05. The molecule has 3 heteroatoms. The van der Waals surface area contributed by atoms with Gasteiger partial charge in [-0.2, -0.15) is 11.8 Å². The van der Waals surface area contributed by atoms with Gasteiger partial charge in [-0.3, -0.25) is 0 Å². The number of hydrogen-bond acceptors (Lipinski definition) is 3. The van der Waals surface area contributed by atoms with Crippen LogP contribution >= 0.6 is 11.8 Å². The molecule has 1 aromatic carbocycles. The molecule has 0 bridgehead atoms. The fraction of sp³-hybridized carbons (Fsp3) is 0.667. The number of unbranched alkanes of at least 4 members (excludes halogenated alkanes) is 1. The average molecular weight is 307 g/mol. The Morgan fingerprint density at radius 2 is 1.90 bits per heavy atom. The standard InChI is InChI=1S/C18H30N2S/c1-21-16-6-5-12-19-18-10-14-20(15-11-18)13-9-17-7-3-2-4-8-17/h2-4,7-8,18-19H,5-6,9-16H2,1H3. The summed E-state index contributed by atoms with van der Waals surface area (Å²) in [5.74, 6) is 1.31. The first kappa shape index (κ1) is 16.9. The Kier molecular flexibility index (Phi) is 8.23. The van der Waals surface area contributed by atoms with E-state index in [1.54, 1.807) is 0 Å². The highest BCUT2D eigenvalue weighted by atomic mass is 32.2. The minimum absolute atomic E-state index is 0.757. The Hall–Kier alpha value is -0.510. The lowest BCUT2D eigenvalue weighted by Crippen LogP contribution is -2.43. The van der Waals surface area contributed by atoms with Crippen LogP contribution < -0.4 is 5.32 Å². The molecule has 1 aromatic rings. The van der Waals surface area contributed by atoms with Crippen molar-refractivity contribution in [2.24, 2.45) is 0 Å². The normalized spacial score (nSPS) is 17.2. The number of thioether (sulfide) groups is 1. The van der Waals surface area contributed by atoms with Crippen molar-refractivity contribution >= 4 is 11.8 Å². The van der Waals surface area contributed by atoms with E-state index < -0.39 is 0 Å². The molecule has 1 saturated heterocycles. The van der Waals surface area contributed by atoms with Crippen LogP contribution in [0.2, 0.25) is 0 Å². The summed E-state index contributed by atoms with van der Waals surface area (Å²) in [6, 6.07) is 11.6. The Labute approximate surface area is 134 Å². The lowest BCUT2D eigenvalue weighted by molar-refractivity contribution is 0.200. The van der Waals surface area contributed by atoms with Crippen LogP contribution in [0.4, 0.5) is 0 Å². The highest BCUT2D eigenvalue weighted by Crippen LogP contribution is 2.11. The SMILES string of the molecule is CSCCCCNC1CCN(CCc2ccccc2)CC1. The molecule has 0 atom stereocenters. The fourth-order valence-electron chi connectivity index (χ4n) is 2.97. The lowest BCUT2D eigenvalue weighted by atomic mass is 10.0. The number of likely N-dealkylation sites (tertiary alicyclic amines) is 1. The first-order valence-corrected chi connectivity index (χ1v) is 9.76. The molecule has 0 radical (unpaired) electrons. The average Bonchev–Trinajstić information content (AvgIpc) is 2.55. The van der Waals surface area contributed by atoms with Gasteiger partial charge in [0, 0.05) is 12.6 Å². The van der Waals surface area contributed by atoms with Gasteiger partial charge in [0.1, 0.15) is 0 Å². The van der Waals surface area contributed by atoms with Crippen molar-refractivity contribution < 1.29 is 0 Å². The fourth-order valence-corrected chi connectivity index (χ4v) is 3.46. The van der Waals surface area contributed by atoms with E-state index in [2.05, 4.69) is 46.8 Å². The molecule has 2 nitrogen and oxygen atoms in total. The molecular weight excluding hydrogens is 276 g/mol. The molecule has 21 heavy (non-hydrogen) atoms. The van der Waals surface area contributed by atoms with Crippen molar-refractivity contribution in [3.63, 3.8) is 0 Å². The third-order valence-electron chi connectivity index (χ3n) is 4.36. The summed E-state index contributed by atoms with van der Waals surface area (Å²) >= 11 is 1.96. The number of nitrogens with zero attached hydrogens (tertiary/aromatic N) is 1. The van der Waals surface area contributed by atoms with Crippen LogP contribution in [0.5, 0.6) is 0 Å². The molecule has 0 aliphatic carbocycles. The second-order valence-corrected chi connectivity index (χ2v) is 6.99. The van der Waals surface area contributed by atoms with Gasteiger partial charge in [0.15, 0.2) is 0 Å². The Balaban J connectivity index is 1.54. The third kappa shape index (κ3) is 6.86. The monoisotopic (exact) mass is 306 g/mol. The first-order valence-electron chi connectivity index (χ1n) is 8.37. The topological polar surface area (TPSA) is 15.3 Å². The van der Waals surface area contributed by atoms with Gasteiger partial charge < -0.3 is 10.2 Å². The van der Waals surface area contributed by atoms with Crippen molar-refractivity contribution in [3.8, 4) is 0 Å². The summed E-state index contributed by atoms with van der Waals surface area (Å²) in [6.07, 6.45) is 8.69. The van der Waals surface area contributed by atoms with Gasteiger partial charge in [-0.25, -0.2) is 0 Å². The van der Waals surface area contributed by atoms with E-state index in [1.807, 2.05) is 11.8 Å². The van der Waals surface area contributed by atoms with Crippen LogP contribution in [0.3, 0.4) is 0 Å². The van der Waals surface area contributed by atoms with E-state index >= 15 is 0 Å². The predicted molar refractivity (Wildman–Crippen MR) is 95.2 cm³/mol. The molecule has 1 heterocycles. The first-order chi connectivity index (χ1) is 10.4. The molecule has 0 unspecified atom stereocenters. The second-order valence-electron chi connectivity index (χ2n) is 6.01. The number of piperidine rings is 1. The Morgan fingerprint density at radius 3 is 2.62 bits per heavy atom. The molecular formula is C18H30N2S. The highest BCUT2D eigenvalue weighted by molar-refractivity contribution is 7.98. The van der Waals surface area contributed by atoms with Gasteiger partial charge in [-0.1, -0.05) is 30.3 Å². The van der Waals surface area contributed by atoms with Gasteiger partial charge in [-0.05, 0) is 69.3 Å². The van der Waals surface area contributed by atoms with E-state index in [9.17, 15) is 0 Å². The van der Waals surface area contributed by atoms with Crippen LogP contribution in [-0.2, 0) is 6.42 Å². The lowest BCUT2D eigenvalue weighted by Gasteiger charge is -2.32. The Bertz CT molecular complexity index is 361. The van der Waals surface area contributed by atoms with Crippen LogP contribution in [0.25, 0.3) is 0 Å². The zero-order chi connectivity index (χ0) is 14.8. The quantitative estimate of drug-likeness (QED) is 0.704. The number of nitrogens with one attached hydrogen (secondary N) is 1. The minimum atomic E-state index is 0.757. The van der Waals surface area contributed by atoms with Crippen molar-refractivity contribution in [1.82, 2.24) is 10.2 Å². The maximum absolute atomic E-state index is 3.74. The van der Waals surface area contributed by atoms with Crippen LogP contribution in [0.15, 0.2) is 30.3 Å². The van der Waals surface area contributed by atoms with E-state index in [0.717, 1.165) is 6.04 Å². The molecule has 2 rings (SSSR count). The van der Waals surface area contributed by atoms with Crippen molar-refractivity contribution in [1.29, 1.82) is 0 Å². The summed E-state index contributed by atoms with van der Waals surface area (Å²) in [7, 11) is 0. The second kappa shape index (κ2) is 10.3. The van der Waals surface area contributed by atoms with Crippen LogP contribution in [0.1, 0.15) is 31.2 Å². The molecule has 1 aliphatic rings. The predicted octanol–water partition coefficient (Wildman–Crippen LogP) is 3.43. The molecule has 1 N–H and O–H groups in total. The van der Waals surface area contributed by atoms with Crippen molar-refractivity contribution in [3.05, 3.63) is 35.9 Å². The van der Waals surface area contributed by atoms with E-state index in [1.165, 1.54) is 69.6 Å². The maximum atomic E-state index is 3.74. The highest BCUT2D eigenvalue weighted by Gasteiger charge is 2.17. The largest absolute Gasteiger partial charge is 0.314 e. The minimum Gasteiger partial charge on any atom is -0.314 e. The number of rotatable bonds is 9. The summed E-state index contributed by atoms with van der Waals surface area (Å²) in [6.45, 7) is 4.93. The van der Waals surface area contributed by atoms with Gasteiger partial charge in [0.25, 0.3) is 0 Å². The smallest absolute Gasteiger partial charge is 0.00914 e. The van der Waals surface area contributed by atoms with Crippen LogP contribution in [0, 0.1) is 0 Å². The molecule has 0 aromatic heterocycles. The van der Waals surface area contributed by atoms with Crippen molar-refractivity contribution in [2.45, 2.75) is 38.1 Å². The molecule has 118 valence electrons. The Morgan fingerprint density at radius 1 is 1.14 bits per heavy atom. The molecule has 0 saturated carbocycles. The molecule has 1 aliphatic heterocycles. The van der Waals surface area contributed by atoms with E-state index in [0.29, 0.717) is 0 Å². The van der Waals surface area contributed by atoms with E-state index in [4.69, 9.17) is 0 Å². The summed E-state index contributed by atoms with van der Waals surface area (Å²) in [5.41, 5.74) is 1.46. The zero-order valence-corrected chi connectivity index (χ0v) is 14.2. The molecule has 0 amide bonds. The van der Waals surface area contributed by atoms with Crippen LogP contribution in [-0.4, -0.2) is 49.1 Å². The number of hydrogen-bond donors (Lipinski definition) is 1. The van der Waals surface area contributed by atoms with E-state index in [-0.39, 0.29) is 0 Å². The van der Waals surface area contributed by atoms with Gasteiger partial charge in [0.05, 0.1) is 0 Å². The zero-order valence-electron chi connectivity index (χ0n) is 13.4. The summed E-state index contributed by atoms with van der Waals surface area (Å²) < 4.78 is 0. The number of benzene rings is 1. The summed E-state index contributed by atoms with van der Waals surface area (Å²) in [5, 5.41) is 3.74. The van der Waals surface area contributed by atoms with Gasteiger partial charge in [-0.15, -0.1) is 0 Å². The molecule has 0 spiro atoms. The van der Waals surface area contributed by atoms with Crippen molar-refractivity contribution in [2.75, 3.05) is 38.2 Å². The van der Waals surface area contributed by atoms with Gasteiger partial charge in [0.2, 0.25) is 0 Å². The maximum Gasteiger partial charge on any atom is 0.00914 e. The molecule has 1 fully saturated rings. The summed E-state index contributed by atoms with van der Waals surface area (Å²) in [4.78, 5) is 2.62. The van der Waals surface area contributed by atoms with Gasteiger partial charge >= 0.3 is 0 Å².